The molecule has 0 bridgehead atoms. The third kappa shape index (κ3) is 5.04. The molecule has 1 fully saturated rings. The molecular formula is C22H22N8O2. The SMILES string of the molecule is N/C(=N\N=C\c1ccc([N+](=O)[O-])cc1)c1cncc(N2CCN(c3ccccc3)CC2)n1. The summed E-state index contributed by atoms with van der Waals surface area (Å²) in [5.74, 6) is 0.883. The van der Waals surface area contributed by atoms with Crippen molar-refractivity contribution in [1.29, 1.82) is 0 Å². The van der Waals surface area contributed by atoms with Crippen LogP contribution in [0.3, 0.4) is 0 Å². The maximum Gasteiger partial charge on any atom is 0.269 e. The predicted molar refractivity (Wildman–Crippen MR) is 124 cm³/mol. The summed E-state index contributed by atoms with van der Waals surface area (Å²) in [5.41, 5.74) is 8.38. The summed E-state index contributed by atoms with van der Waals surface area (Å²) in [7, 11) is 0. The monoisotopic (exact) mass is 430 g/mol. The van der Waals surface area contributed by atoms with Crippen LogP contribution in [-0.2, 0) is 0 Å². The average molecular weight is 430 g/mol. The Morgan fingerprint density at radius 3 is 2.38 bits per heavy atom. The molecule has 0 aliphatic carbocycles. The van der Waals surface area contributed by atoms with Gasteiger partial charge in [-0.2, -0.15) is 5.10 Å². The number of aromatic nitrogens is 2. The first kappa shape index (κ1) is 20.9. The summed E-state index contributed by atoms with van der Waals surface area (Å²) < 4.78 is 0. The van der Waals surface area contributed by atoms with Crippen LogP contribution in [0.15, 0.2) is 77.2 Å². The number of non-ortho nitro benzene ring substituents is 1. The number of nitrogens with two attached hydrogens (primary N) is 1. The molecule has 2 aromatic carbocycles. The summed E-state index contributed by atoms with van der Waals surface area (Å²) in [5, 5.41) is 18.7. The van der Waals surface area contributed by atoms with Crippen molar-refractivity contribution < 1.29 is 4.92 Å². The van der Waals surface area contributed by atoms with E-state index in [0.717, 1.165) is 32.0 Å². The van der Waals surface area contributed by atoms with E-state index < -0.39 is 4.92 Å². The van der Waals surface area contributed by atoms with Crippen LogP contribution >= 0.6 is 0 Å². The quantitative estimate of drug-likeness (QED) is 0.275. The van der Waals surface area contributed by atoms with E-state index in [2.05, 4.69) is 42.1 Å². The zero-order valence-corrected chi connectivity index (χ0v) is 17.3. The number of nitro groups is 1. The van der Waals surface area contributed by atoms with E-state index in [1.165, 1.54) is 24.0 Å². The molecule has 0 spiro atoms. The Labute approximate surface area is 184 Å². The average Bonchev–Trinajstić information content (AvgIpc) is 2.85. The van der Waals surface area contributed by atoms with Crippen LogP contribution in [0.25, 0.3) is 0 Å². The number of para-hydroxylation sites is 1. The molecule has 1 aliphatic heterocycles. The van der Waals surface area contributed by atoms with E-state index in [0.29, 0.717) is 11.3 Å². The van der Waals surface area contributed by atoms with Gasteiger partial charge in [-0.3, -0.25) is 15.1 Å². The summed E-state index contributed by atoms with van der Waals surface area (Å²) in [6, 6.07) is 16.3. The van der Waals surface area contributed by atoms with E-state index in [1.807, 2.05) is 18.2 Å². The molecule has 32 heavy (non-hydrogen) atoms. The molecule has 1 saturated heterocycles. The lowest BCUT2D eigenvalue weighted by atomic mass is 10.2. The number of hydrogen-bond donors (Lipinski definition) is 1. The fraction of sp³-hybridized carbons (Fsp3) is 0.182. The number of anilines is 2. The van der Waals surface area contributed by atoms with Gasteiger partial charge in [0, 0.05) is 44.0 Å². The number of piperazine rings is 1. The van der Waals surface area contributed by atoms with Gasteiger partial charge in [0.15, 0.2) is 5.84 Å². The lowest BCUT2D eigenvalue weighted by molar-refractivity contribution is -0.384. The Bertz CT molecular complexity index is 1120. The highest BCUT2D eigenvalue weighted by atomic mass is 16.6. The molecule has 162 valence electrons. The second-order valence-electron chi connectivity index (χ2n) is 7.15. The molecule has 1 aliphatic rings. The van der Waals surface area contributed by atoms with Crippen molar-refractivity contribution in [1.82, 2.24) is 9.97 Å². The molecule has 0 unspecified atom stereocenters. The summed E-state index contributed by atoms with van der Waals surface area (Å²) in [4.78, 5) is 23.6. The van der Waals surface area contributed by atoms with Crippen LogP contribution in [-0.4, -0.2) is 53.1 Å². The fourth-order valence-electron chi connectivity index (χ4n) is 3.36. The van der Waals surface area contributed by atoms with E-state index in [4.69, 9.17) is 5.73 Å². The molecule has 2 heterocycles. The Hall–Kier alpha value is -4.34. The smallest absolute Gasteiger partial charge is 0.269 e. The largest absolute Gasteiger partial charge is 0.380 e. The molecule has 10 nitrogen and oxygen atoms in total. The molecule has 0 saturated carbocycles. The minimum Gasteiger partial charge on any atom is -0.380 e. The first-order chi connectivity index (χ1) is 15.6. The number of rotatable bonds is 6. The van der Waals surface area contributed by atoms with Crippen molar-refractivity contribution in [3.63, 3.8) is 0 Å². The number of nitrogens with zero attached hydrogens (tertiary/aromatic N) is 7. The summed E-state index contributed by atoms with van der Waals surface area (Å²) in [6.07, 6.45) is 4.73. The van der Waals surface area contributed by atoms with E-state index in [9.17, 15) is 10.1 Å². The van der Waals surface area contributed by atoms with Crippen LogP contribution < -0.4 is 15.5 Å². The van der Waals surface area contributed by atoms with E-state index >= 15 is 0 Å². The minimum atomic E-state index is -0.454. The van der Waals surface area contributed by atoms with Gasteiger partial charge in [0.25, 0.3) is 5.69 Å². The first-order valence-electron chi connectivity index (χ1n) is 10.1. The molecule has 1 aromatic heterocycles. The predicted octanol–water partition coefficient (Wildman–Crippen LogP) is 2.45. The van der Waals surface area contributed by atoms with E-state index in [1.54, 1.807) is 24.5 Å². The Balaban J connectivity index is 1.39. The van der Waals surface area contributed by atoms with Crippen LogP contribution in [0.5, 0.6) is 0 Å². The molecule has 10 heteroatoms. The second-order valence-corrected chi connectivity index (χ2v) is 7.15. The van der Waals surface area contributed by atoms with Gasteiger partial charge in [-0.1, -0.05) is 18.2 Å². The third-order valence-corrected chi connectivity index (χ3v) is 5.09. The van der Waals surface area contributed by atoms with Crippen LogP contribution in [0.4, 0.5) is 17.2 Å². The Kier molecular flexibility index (Phi) is 6.30. The topological polar surface area (TPSA) is 126 Å². The third-order valence-electron chi connectivity index (χ3n) is 5.09. The van der Waals surface area contributed by atoms with Gasteiger partial charge < -0.3 is 15.5 Å². The highest BCUT2D eigenvalue weighted by Gasteiger charge is 2.19. The van der Waals surface area contributed by atoms with Crippen molar-refractivity contribution >= 4 is 29.2 Å². The van der Waals surface area contributed by atoms with Crippen molar-refractivity contribution in [2.75, 3.05) is 36.0 Å². The second kappa shape index (κ2) is 9.65. The molecule has 0 radical (unpaired) electrons. The van der Waals surface area contributed by atoms with Gasteiger partial charge in [-0.25, -0.2) is 4.98 Å². The van der Waals surface area contributed by atoms with E-state index in [-0.39, 0.29) is 11.5 Å². The minimum absolute atomic E-state index is 0.0156. The van der Waals surface area contributed by atoms with Crippen LogP contribution in [0, 0.1) is 10.1 Å². The molecular weight excluding hydrogens is 408 g/mol. The highest BCUT2D eigenvalue weighted by Crippen LogP contribution is 2.18. The molecule has 3 aromatic rings. The molecule has 0 atom stereocenters. The normalized spacial score (nSPS) is 14.7. The number of amidine groups is 1. The van der Waals surface area contributed by atoms with Gasteiger partial charge in [-0.15, -0.1) is 5.10 Å². The van der Waals surface area contributed by atoms with Gasteiger partial charge >= 0.3 is 0 Å². The molecule has 0 amide bonds. The zero-order chi connectivity index (χ0) is 22.3. The van der Waals surface area contributed by atoms with Crippen molar-refractivity contribution in [2.45, 2.75) is 0 Å². The Morgan fingerprint density at radius 2 is 1.69 bits per heavy atom. The number of hydrogen-bond acceptors (Lipinski definition) is 8. The van der Waals surface area contributed by atoms with Gasteiger partial charge in [0.1, 0.15) is 11.5 Å². The lowest BCUT2D eigenvalue weighted by Crippen LogP contribution is -2.47. The first-order valence-corrected chi connectivity index (χ1v) is 10.1. The molecule has 4 rings (SSSR count). The Morgan fingerprint density at radius 1 is 1.00 bits per heavy atom. The fourth-order valence-corrected chi connectivity index (χ4v) is 3.36. The van der Waals surface area contributed by atoms with Crippen molar-refractivity contribution in [3.8, 4) is 0 Å². The zero-order valence-electron chi connectivity index (χ0n) is 17.3. The summed E-state index contributed by atoms with van der Waals surface area (Å²) in [6.45, 7) is 3.42. The highest BCUT2D eigenvalue weighted by molar-refractivity contribution is 5.96. The van der Waals surface area contributed by atoms with Crippen LogP contribution in [0.1, 0.15) is 11.3 Å². The van der Waals surface area contributed by atoms with Gasteiger partial charge in [0.2, 0.25) is 0 Å². The maximum atomic E-state index is 10.7. The van der Waals surface area contributed by atoms with Crippen molar-refractivity contribution in [3.05, 3.63) is 88.4 Å². The van der Waals surface area contributed by atoms with Gasteiger partial charge in [0.05, 0.1) is 23.5 Å². The lowest BCUT2D eigenvalue weighted by Gasteiger charge is -2.36. The number of nitro benzene ring substituents is 1. The summed E-state index contributed by atoms with van der Waals surface area (Å²) >= 11 is 0. The maximum absolute atomic E-state index is 10.7. The van der Waals surface area contributed by atoms with Crippen LogP contribution in [0.2, 0.25) is 0 Å². The standard InChI is InChI=1S/C22H22N8O2/c23-22(27-25-14-17-6-8-19(9-7-17)30(31)32)20-15-24-16-21(26-20)29-12-10-28(11-13-29)18-4-2-1-3-5-18/h1-9,14-16H,10-13H2,(H2,23,27)/b25-14+. The van der Waals surface area contributed by atoms with Gasteiger partial charge in [-0.05, 0) is 29.8 Å². The molecule has 2 N–H and O–H groups in total. The van der Waals surface area contributed by atoms with Crippen molar-refractivity contribution in [2.24, 2.45) is 15.9 Å². The number of benzene rings is 2.